The van der Waals surface area contributed by atoms with Crippen molar-refractivity contribution in [2.45, 2.75) is 6.54 Å². The second kappa shape index (κ2) is 4.97. The van der Waals surface area contributed by atoms with Gasteiger partial charge in [0.25, 0.3) is 0 Å². The van der Waals surface area contributed by atoms with Crippen LogP contribution in [0.1, 0.15) is 5.56 Å². The molecule has 0 spiro atoms. The van der Waals surface area contributed by atoms with Crippen molar-refractivity contribution in [2.24, 2.45) is 0 Å². The SMILES string of the molecule is CN(Cc1ccncc1)C(=O)CBr. The maximum Gasteiger partial charge on any atom is 0.233 e. The Kier molecular flexibility index (Phi) is 3.89. The first kappa shape index (κ1) is 10.2. The highest BCUT2D eigenvalue weighted by Crippen LogP contribution is 2.01. The van der Waals surface area contributed by atoms with E-state index in [1.807, 2.05) is 12.1 Å². The lowest BCUT2D eigenvalue weighted by atomic mass is 10.2. The molecule has 0 radical (unpaired) electrons. The second-order valence-corrected chi connectivity index (χ2v) is 3.30. The van der Waals surface area contributed by atoms with Gasteiger partial charge in [-0.25, -0.2) is 0 Å². The number of rotatable bonds is 3. The zero-order chi connectivity index (χ0) is 9.68. The molecular weight excluding hydrogens is 232 g/mol. The van der Waals surface area contributed by atoms with E-state index in [4.69, 9.17) is 0 Å². The van der Waals surface area contributed by atoms with Crippen LogP contribution in [0.2, 0.25) is 0 Å². The van der Waals surface area contributed by atoms with Crippen molar-refractivity contribution in [2.75, 3.05) is 12.4 Å². The number of hydrogen-bond donors (Lipinski definition) is 0. The van der Waals surface area contributed by atoms with Crippen LogP contribution in [0.15, 0.2) is 24.5 Å². The molecule has 0 aliphatic heterocycles. The number of amides is 1. The van der Waals surface area contributed by atoms with E-state index >= 15 is 0 Å². The lowest BCUT2D eigenvalue weighted by molar-refractivity contribution is -0.127. The molecule has 0 saturated carbocycles. The third-order valence-electron chi connectivity index (χ3n) is 1.71. The van der Waals surface area contributed by atoms with E-state index in [-0.39, 0.29) is 5.91 Å². The molecule has 1 aromatic rings. The molecule has 0 aliphatic carbocycles. The molecule has 1 heterocycles. The fourth-order valence-corrected chi connectivity index (χ4v) is 1.38. The van der Waals surface area contributed by atoms with Crippen molar-refractivity contribution in [3.63, 3.8) is 0 Å². The second-order valence-electron chi connectivity index (χ2n) is 2.74. The monoisotopic (exact) mass is 242 g/mol. The summed E-state index contributed by atoms with van der Waals surface area (Å²) in [5, 5.41) is 0.370. The smallest absolute Gasteiger partial charge is 0.233 e. The summed E-state index contributed by atoms with van der Waals surface area (Å²) in [6.07, 6.45) is 3.45. The molecule has 0 bridgehead atoms. The summed E-state index contributed by atoms with van der Waals surface area (Å²) in [6, 6.07) is 3.80. The van der Waals surface area contributed by atoms with Gasteiger partial charge in [0.1, 0.15) is 0 Å². The van der Waals surface area contributed by atoms with Crippen molar-refractivity contribution >= 4 is 21.8 Å². The Bertz CT molecular complexity index is 276. The average Bonchev–Trinajstić information content (AvgIpc) is 2.18. The lowest BCUT2D eigenvalue weighted by Crippen LogP contribution is -2.26. The summed E-state index contributed by atoms with van der Waals surface area (Å²) < 4.78 is 0. The van der Waals surface area contributed by atoms with Crippen LogP contribution in [0, 0.1) is 0 Å². The molecule has 4 heteroatoms. The van der Waals surface area contributed by atoms with Gasteiger partial charge in [0.2, 0.25) is 5.91 Å². The Morgan fingerprint density at radius 2 is 2.15 bits per heavy atom. The number of carbonyl (C=O) groups is 1. The quantitative estimate of drug-likeness (QED) is 0.752. The van der Waals surface area contributed by atoms with Crippen LogP contribution in [-0.4, -0.2) is 28.2 Å². The Morgan fingerprint density at radius 1 is 1.54 bits per heavy atom. The lowest BCUT2D eigenvalue weighted by Gasteiger charge is -2.15. The third-order valence-corrected chi connectivity index (χ3v) is 2.19. The molecule has 0 fully saturated rings. The molecule has 0 aliphatic rings. The summed E-state index contributed by atoms with van der Waals surface area (Å²) in [5.41, 5.74) is 1.09. The van der Waals surface area contributed by atoms with E-state index in [9.17, 15) is 4.79 Å². The maximum atomic E-state index is 11.2. The van der Waals surface area contributed by atoms with Crippen LogP contribution in [0.4, 0.5) is 0 Å². The number of aromatic nitrogens is 1. The van der Waals surface area contributed by atoms with Gasteiger partial charge >= 0.3 is 0 Å². The highest BCUT2D eigenvalue weighted by Gasteiger charge is 2.06. The molecule has 70 valence electrons. The number of nitrogens with zero attached hydrogens (tertiary/aromatic N) is 2. The van der Waals surface area contributed by atoms with Crippen molar-refractivity contribution in [1.29, 1.82) is 0 Å². The van der Waals surface area contributed by atoms with E-state index in [2.05, 4.69) is 20.9 Å². The van der Waals surface area contributed by atoms with E-state index in [0.29, 0.717) is 11.9 Å². The Balaban J connectivity index is 2.55. The zero-order valence-electron chi connectivity index (χ0n) is 7.40. The van der Waals surface area contributed by atoms with Gasteiger partial charge in [-0.1, -0.05) is 15.9 Å². The summed E-state index contributed by atoms with van der Waals surface area (Å²) in [5.74, 6) is 0.0804. The Hall–Kier alpha value is -0.900. The number of hydrogen-bond acceptors (Lipinski definition) is 2. The molecule has 0 unspecified atom stereocenters. The van der Waals surface area contributed by atoms with Gasteiger partial charge in [-0.05, 0) is 17.7 Å². The van der Waals surface area contributed by atoms with Gasteiger partial charge in [0, 0.05) is 26.0 Å². The Morgan fingerprint density at radius 3 is 2.69 bits per heavy atom. The maximum absolute atomic E-state index is 11.2. The molecule has 13 heavy (non-hydrogen) atoms. The zero-order valence-corrected chi connectivity index (χ0v) is 8.99. The number of halogens is 1. The number of pyridine rings is 1. The first-order chi connectivity index (χ1) is 6.24. The molecule has 0 N–H and O–H groups in total. The highest BCUT2D eigenvalue weighted by atomic mass is 79.9. The minimum absolute atomic E-state index is 0.0804. The molecular formula is C9H11BrN2O. The van der Waals surface area contributed by atoms with Crippen LogP contribution in [-0.2, 0) is 11.3 Å². The third kappa shape index (κ3) is 3.14. The minimum Gasteiger partial charge on any atom is -0.341 e. The fourth-order valence-electron chi connectivity index (χ4n) is 0.952. The summed E-state index contributed by atoms with van der Waals surface area (Å²) in [7, 11) is 1.78. The van der Waals surface area contributed by atoms with Gasteiger partial charge in [-0.15, -0.1) is 0 Å². The van der Waals surface area contributed by atoms with Gasteiger partial charge in [-0.2, -0.15) is 0 Å². The van der Waals surface area contributed by atoms with Gasteiger partial charge in [0.05, 0.1) is 5.33 Å². The topological polar surface area (TPSA) is 33.2 Å². The largest absolute Gasteiger partial charge is 0.341 e. The molecule has 0 aromatic carbocycles. The summed E-state index contributed by atoms with van der Waals surface area (Å²) in [6.45, 7) is 0.632. The molecule has 3 nitrogen and oxygen atoms in total. The summed E-state index contributed by atoms with van der Waals surface area (Å²) in [4.78, 5) is 16.8. The van der Waals surface area contributed by atoms with E-state index in [0.717, 1.165) is 5.56 Å². The van der Waals surface area contributed by atoms with Crippen molar-refractivity contribution in [3.05, 3.63) is 30.1 Å². The van der Waals surface area contributed by atoms with E-state index < -0.39 is 0 Å². The predicted molar refractivity (Wildman–Crippen MR) is 54.5 cm³/mol. The Labute approximate surface area is 85.9 Å². The van der Waals surface area contributed by atoms with Gasteiger partial charge in [-0.3, -0.25) is 9.78 Å². The summed E-state index contributed by atoms with van der Waals surface area (Å²) >= 11 is 3.13. The predicted octanol–water partition coefficient (Wildman–Crippen LogP) is 1.43. The van der Waals surface area contributed by atoms with Gasteiger partial charge < -0.3 is 4.90 Å². The average molecular weight is 243 g/mol. The normalized spacial score (nSPS) is 9.69. The van der Waals surface area contributed by atoms with E-state index in [1.165, 1.54) is 0 Å². The minimum atomic E-state index is 0.0804. The first-order valence-electron chi connectivity index (χ1n) is 3.93. The molecule has 1 aromatic heterocycles. The fraction of sp³-hybridized carbons (Fsp3) is 0.333. The molecule has 0 saturated heterocycles. The van der Waals surface area contributed by atoms with Crippen molar-refractivity contribution in [1.82, 2.24) is 9.88 Å². The standard InChI is InChI=1S/C9H11BrN2O/c1-12(9(13)6-10)7-8-2-4-11-5-3-8/h2-5H,6-7H2,1H3. The van der Waals surface area contributed by atoms with Crippen molar-refractivity contribution < 1.29 is 4.79 Å². The number of alkyl halides is 1. The highest BCUT2D eigenvalue weighted by molar-refractivity contribution is 9.09. The molecule has 1 amide bonds. The van der Waals surface area contributed by atoms with Crippen LogP contribution in [0.5, 0.6) is 0 Å². The van der Waals surface area contributed by atoms with Crippen LogP contribution < -0.4 is 0 Å². The van der Waals surface area contributed by atoms with Crippen LogP contribution in [0.3, 0.4) is 0 Å². The number of carbonyl (C=O) groups excluding carboxylic acids is 1. The molecule has 0 atom stereocenters. The van der Waals surface area contributed by atoms with E-state index in [1.54, 1.807) is 24.3 Å². The van der Waals surface area contributed by atoms with Crippen molar-refractivity contribution in [3.8, 4) is 0 Å². The van der Waals surface area contributed by atoms with Gasteiger partial charge in [0.15, 0.2) is 0 Å². The first-order valence-corrected chi connectivity index (χ1v) is 5.05. The van der Waals surface area contributed by atoms with Crippen LogP contribution in [0.25, 0.3) is 0 Å². The van der Waals surface area contributed by atoms with Crippen LogP contribution >= 0.6 is 15.9 Å². The molecule has 1 rings (SSSR count).